The highest BCUT2D eigenvalue weighted by atomic mass is 31.2. The largest absolute Gasteiger partial charge is 0.448 e. The molecule has 0 aromatic carbocycles. The van der Waals surface area contributed by atoms with Crippen molar-refractivity contribution in [1.82, 2.24) is 0 Å². The molecule has 7 heteroatoms. The van der Waals surface area contributed by atoms with Crippen molar-refractivity contribution in [3.05, 3.63) is 0 Å². The lowest BCUT2D eigenvalue weighted by Crippen LogP contribution is -2.36. The molecule has 0 unspecified atom stereocenters. The summed E-state index contributed by atoms with van der Waals surface area (Å²) in [6.45, 7) is 6.55. The average molecular weight is 253 g/mol. The molecule has 0 fully saturated rings. The number of hydrogen-bond acceptors (Lipinski definition) is 6. The Hall–Kier alpha value is -0.420. The summed E-state index contributed by atoms with van der Waals surface area (Å²) in [5.41, 5.74) is 5.62. The van der Waals surface area contributed by atoms with Gasteiger partial charge in [-0.05, 0) is 20.8 Å². The van der Waals surface area contributed by atoms with E-state index in [1.165, 1.54) is 6.92 Å². The highest BCUT2D eigenvalue weighted by Crippen LogP contribution is 2.54. The number of rotatable bonds is 7. The molecule has 0 spiro atoms. The van der Waals surface area contributed by atoms with Crippen LogP contribution in [0.3, 0.4) is 0 Å². The molecule has 0 aliphatic rings. The van der Waals surface area contributed by atoms with Crippen molar-refractivity contribution in [2.45, 2.75) is 39.6 Å². The van der Waals surface area contributed by atoms with Gasteiger partial charge >= 0.3 is 13.6 Å². The predicted octanol–water partition coefficient (Wildman–Crippen LogP) is 1.49. The minimum Gasteiger partial charge on any atom is -0.448 e. The maximum absolute atomic E-state index is 12.3. The molecule has 0 heterocycles. The van der Waals surface area contributed by atoms with Gasteiger partial charge in [0.05, 0.1) is 19.3 Å². The Morgan fingerprint density at radius 3 is 2.00 bits per heavy atom. The number of carbonyl (C=O) groups is 1. The van der Waals surface area contributed by atoms with Crippen LogP contribution in [0.4, 0.5) is 0 Å². The van der Waals surface area contributed by atoms with Crippen molar-refractivity contribution < 1.29 is 23.1 Å². The Kier molecular flexibility index (Phi) is 6.83. The summed E-state index contributed by atoms with van der Waals surface area (Å²) >= 11 is 0. The fraction of sp³-hybridized carbons (Fsp3) is 0.889. The van der Waals surface area contributed by atoms with Gasteiger partial charge in [-0.15, -0.1) is 0 Å². The maximum Gasteiger partial charge on any atom is 0.372 e. The molecular weight excluding hydrogens is 233 g/mol. The molecule has 2 N–H and O–H groups in total. The molecule has 0 amide bonds. The third-order valence-electron chi connectivity index (χ3n) is 1.67. The minimum atomic E-state index is -3.51. The van der Waals surface area contributed by atoms with Crippen LogP contribution in [0.5, 0.6) is 0 Å². The summed E-state index contributed by atoms with van der Waals surface area (Å²) in [5, 5.41) is 0. The number of carbonyl (C=O) groups excluding carboxylic acids is 1. The number of nitrogens with two attached hydrogens (primary N) is 1. The fourth-order valence-corrected chi connectivity index (χ4v) is 3.12. The molecule has 0 bridgehead atoms. The van der Waals surface area contributed by atoms with Crippen molar-refractivity contribution in [2.75, 3.05) is 13.2 Å². The highest BCUT2D eigenvalue weighted by Gasteiger charge is 2.40. The van der Waals surface area contributed by atoms with Crippen LogP contribution in [0.25, 0.3) is 0 Å². The first kappa shape index (κ1) is 15.6. The zero-order chi connectivity index (χ0) is 12.8. The Bertz CT molecular complexity index is 259. The van der Waals surface area contributed by atoms with Crippen molar-refractivity contribution in [1.29, 1.82) is 0 Å². The van der Waals surface area contributed by atoms with E-state index in [1.54, 1.807) is 20.8 Å². The monoisotopic (exact) mass is 253 g/mol. The lowest BCUT2D eigenvalue weighted by Gasteiger charge is -2.27. The normalized spacial score (nSPS) is 15.6. The van der Waals surface area contributed by atoms with Crippen LogP contribution in [0.1, 0.15) is 27.7 Å². The van der Waals surface area contributed by atoms with Crippen LogP contribution in [-0.2, 0) is 23.1 Å². The van der Waals surface area contributed by atoms with Gasteiger partial charge in [0, 0.05) is 6.92 Å². The van der Waals surface area contributed by atoms with E-state index in [9.17, 15) is 9.36 Å². The van der Waals surface area contributed by atoms with Gasteiger partial charge in [-0.1, -0.05) is 0 Å². The van der Waals surface area contributed by atoms with Gasteiger partial charge in [0.1, 0.15) is 0 Å². The van der Waals surface area contributed by atoms with Crippen molar-refractivity contribution in [2.24, 2.45) is 5.73 Å². The van der Waals surface area contributed by atoms with Gasteiger partial charge in [0.25, 0.3) is 0 Å². The summed E-state index contributed by atoms with van der Waals surface area (Å²) in [5.74, 6) is -1.63. The van der Waals surface area contributed by atoms with Gasteiger partial charge in [-0.3, -0.25) is 9.36 Å². The lowest BCUT2D eigenvalue weighted by molar-refractivity contribution is -0.144. The summed E-state index contributed by atoms with van der Waals surface area (Å²) < 4.78 is 27.3. The SMILES string of the molecule is CCOP(=O)(OCC)[C@@H](OC(C)=O)[C@@H](C)N. The van der Waals surface area contributed by atoms with E-state index in [2.05, 4.69) is 0 Å². The van der Waals surface area contributed by atoms with E-state index >= 15 is 0 Å². The summed E-state index contributed by atoms with van der Waals surface area (Å²) in [4.78, 5) is 10.9. The zero-order valence-electron chi connectivity index (χ0n) is 10.1. The highest BCUT2D eigenvalue weighted by molar-refractivity contribution is 7.54. The minimum absolute atomic E-state index is 0.196. The summed E-state index contributed by atoms with van der Waals surface area (Å²) in [6, 6.07) is -0.632. The Morgan fingerprint density at radius 1 is 1.31 bits per heavy atom. The summed E-state index contributed by atoms with van der Waals surface area (Å²) in [6.07, 6.45) is 0. The summed E-state index contributed by atoms with van der Waals surface area (Å²) in [7, 11) is -3.51. The zero-order valence-corrected chi connectivity index (χ0v) is 11.0. The molecule has 96 valence electrons. The van der Waals surface area contributed by atoms with Gasteiger partial charge in [0.15, 0.2) is 0 Å². The van der Waals surface area contributed by atoms with Gasteiger partial charge in [0.2, 0.25) is 5.85 Å². The maximum atomic E-state index is 12.3. The third kappa shape index (κ3) is 4.61. The van der Waals surface area contributed by atoms with Crippen molar-refractivity contribution in [3.8, 4) is 0 Å². The molecule has 16 heavy (non-hydrogen) atoms. The predicted molar refractivity (Wildman–Crippen MR) is 60.1 cm³/mol. The molecule has 0 rings (SSSR count). The molecule has 0 radical (unpaired) electrons. The second-order valence-electron chi connectivity index (χ2n) is 3.23. The number of ether oxygens (including phenoxy) is 1. The van der Waals surface area contributed by atoms with Gasteiger partial charge < -0.3 is 19.5 Å². The van der Waals surface area contributed by atoms with Crippen molar-refractivity contribution in [3.63, 3.8) is 0 Å². The van der Waals surface area contributed by atoms with Crippen molar-refractivity contribution >= 4 is 13.6 Å². The second-order valence-corrected chi connectivity index (χ2v) is 5.34. The first-order chi connectivity index (χ1) is 7.37. The molecule has 0 saturated carbocycles. The first-order valence-corrected chi connectivity index (χ1v) is 6.80. The van der Waals surface area contributed by atoms with E-state index in [0.717, 1.165) is 0 Å². The standard InChI is InChI=1S/C9H20NO5P/c1-5-13-16(12,14-6-2)9(7(3)10)15-8(4)11/h7,9H,5-6,10H2,1-4H3/t7-,9-/m1/s1. The van der Waals surface area contributed by atoms with Gasteiger partial charge in [-0.2, -0.15) is 0 Å². The smallest absolute Gasteiger partial charge is 0.372 e. The molecule has 2 atom stereocenters. The molecule has 0 aliphatic heterocycles. The Balaban J connectivity index is 4.93. The van der Waals surface area contributed by atoms with Crippen LogP contribution >= 0.6 is 7.60 Å². The topological polar surface area (TPSA) is 87.9 Å². The Labute approximate surface area is 96.0 Å². The number of hydrogen-bond donors (Lipinski definition) is 1. The molecule has 0 aliphatic carbocycles. The van der Waals surface area contributed by atoms with E-state index in [-0.39, 0.29) is 13.2 Å². The third-order valence-corrected chi connectivity index (χ3v) is 4.10. The lowest BCUT2D eigenvalue weighted by atomic mass is 10.4. The van der Waals surface area contributed by atoms with Crippen LogP contribution in [-0.4, -0.2) is 31.1 Å². The molecule has 6 nitrogen and oxygen atoms in total. The fourth-order valence-electron chi connectivity index (χ4n) is 1.17. The van der Waals surface area contributed by atoms with E-state index < -0.39 is 25.5 Å². The average Bonchev–Trinajstić information content (AvgIpc) is 2.14. The first-order valence-electron chi connectivity index (χ1n) is 5.19. The molecule has 0 aromatic heterocycles. The number of esters is 1. The Morgan fingerprint density at radius 2 is 1.75 bits per heavy atom. The van der Waals surface area contributed by atoms with Crippen LogP contribution in [0, 0.1) is 0 Å². The molecular formula is C9H20NO5P. The van der Waals surface area contributed by atoms with E-state index in [1.807, 2.05) is 0 Å². The quantitative estimate of drug-likeness (QED) is 0.546. The molecule has 0 aromatic rings. The van der Waals surface area contributed by atoms with E-state index in [0.29, 0.717) is 0 Å². The van der Waals surface area contributed by atoms with Gasteiger partial charge in [-0.25, -0.2) is 0 Å². The van der Waals surface area contributed by atoms with Crippen LogP contribution in [0.15, 0.2) is 0 Å². The van der Waals surface area contributed by atoms with E-state index in [4.69, 9.17) is 19.5 Å². The van der Waals surface area contributed by atoms with Crippen LogP contribution in [0.2, 0.25) is 0 Å². The molecule has 0 saturated heterocycles. The second kappa shape index (κ2) is 7.01. The van der Waals surface area contributed by atoms with Crippen LogP contribution < -0.4 is 5.73 Å².